The van der Waals surface area contributed by atoms with E-state index in [1.54, 1.807) is 35.1 Å². The van der Waals surface area contributed by atoms with Gasteiger partial charge in [0.05, 0.1) is 12.2 Å². The van der Waals surface area contributed by atoms with Gasteiger partial charge in [0.1, 0.15) is 0 Å². The quantitative estimate of drug-likeness (QED) is 0.684. The van der Waals surface area contributed by atoms with Gasteiger partial charge in [0.25, 0.3) is 5.91 Å². The van der Waals surface area contributed by atoms with E-state index in [-0.39, 0.29) is 30.3 Å². The van der Waals surface area contributed by atoms with E-state index in [1.807, 2.05) is 13.8 Å². The Hall–Kier alpha value is -2.45. The van der Waals surface area contributed by atoms with Crippen LogP contribution in [0.25, 0.3) is 0 Å². The molecule has 2 heterocycles. The summed E-state index contributed by atoms with van der Waals surface area (Å²) in [5, 5.41) is 17.1. The number of anilines is 2. The van der Waals surface area contributed by atoms with Gasteiger partial charge in [-0.2, -0.15) is 0 Å². The molecule has 9 heteroatoms. The molecule has 0 aliphatic carbocycles. The average molecular weight is 407 g/mol. The predicted molar refractivity (Wildman–Crippen MR) is 111 cm³/mol. The molecule has 2 amide bonds. The van der Waals surface area contributed by atoms with Crippen molar-refractivity contribution in [2.75, 3.05) is 23.7 Å². The Bertz CT molecular complexity index is 784. The third kappa shape index (κ3) is 6.03. The lowest BCUT2D eigenvalue weighted by molar-refractivity contribution is -0.116. The van der Waals surface area contributed by atoms with Gasteiger partial charge in [0.15, 0.2) is 5.69 Å². The van der Waals surface area contributed by atoms with E-state index in [1.165, 1.54) is 0 Å². The summed E-state index contributed by atoms with van der Waals surface area (Å²) in [5.41, 5.74) is 1.64. The maximum atomic E-state index is 12.4. The number of nitrogens with zero attached hydrogens (tertiary/aromatic N) is 3. The highest BCUT2D eigenvalue weighted by atomic mass is 35.5. The number of halogens is 1. The maximum Gasteiger partial charge on any atom is 0.277 e. The second-order valence-corrected chi connectivity index (χ2v) is 7.24. The zero-order valence-electron chi connectivity index (χ0n) is 16.1. The number of carbonyl (C=O) groups is 2. The van der Waals surface area contributed by atoms with Crippen LogP contribution in [0.1, 0.15) is 49.6 Å². The molecule has 3 N–H and O–H groups in total. The van der Waals surface area contributed by atoms with Crippen molar-refractivity contribution in [3.63, 3.8) is 0 Å². The number of piperidine rings is 1. The van der Waals surface area contributed by atoms with Crippen molar-refractivity contribution in [1.82, 2.24) is 20.3 Å². The highest BCUT2D eigenvalue weighted by Crippen LogP contribution is 2.18. The van der Waals surface area contributed by atoms with Gasteiger partial charge < -0.3 is 16.0 Å². The van der Waals surface area contributed by atoms with Crippen LogP contribution in [0.3, 0.4) is 0 Å². The highest BCUT2D eigenvalue weighted by Gasteiger charge is 2.18. The standard InChI is InChI=1S/C19H26N6O2.ClH/c1-13(2)11-18(26)21-14-3-5-15(6-4-14)22-19(27)17-12-25(24-23-17)16-7-9-20-10-8-16;/h3-6,12-13,16,20H,7-11H2,1-2H3,(H,21,26)(H,22,27);1H. The van der Waals surface area contributed by atoms with E-state index in [9.17, 15) is 9.59 Å². The molecule has 1 aliphatic rings. The summed E-state index contributed by atoms with van der Waals surface area (Å²) in [6.07, 6.45) is 4.14. The van der Waals surface area contributed by atoms with Crippen LogP contribution in [0.2, 0.25) is 0 Å². The molecule has 0 bridgehead atoms. The first-order valence-electron chi connectivity index (χ1n) is 9.35. The number of benzene rings is 1. The van der Waals surface area contributed by atoms with Crippen LogP contribution in [-0.4, -0.2) is 39.9 Å². The summed E-state index contributed by atoms with van der Waals surface area (Å²) in [6.45, 7) is 5.90. The molecule has 28 heavy (non-hydrogen) atoms. The van der Waals surface area contributed by atoms with Crippen molar-refractivity contribution >= 4 is 35.6 Å². The number of nitrogens with one attached hydrogen (secondary N) is 3. The molecule has 2 aromatic rings. The van der Waals surface area contributed by atoms with E-state index in [2.05, 4.69) is 26.3 Å². The Labute approximate surface area is 170 Å². The minimum Gasteiger partial charge on any atom is -0.326 e. The molecule has 152 valence electrons. The number of carbonyl (C=O) groups excluding carboxylic acids is 2. The van der Waals surface area contributed by atoms with Gasteiger partial charge >= 0.3 is 0 Å². The summed E-state index contributed by atoms with van der Waals surface area (Å²) in [5.74, 6) is -0.00931. The number of aromatic nitrogens is 3. The normalized spacial score (nSPS) is 14.4. The van der Waals surface area contributed by atoms with Crippen LogP contribution in [0.4, 0.5) is 11.4 Å². The van der Waals surface area contributed by atoms with Crippen molar-refractivity contribution < 1.29 is 9.59 Å². The topological polar surface area (TPSA) is 101 Å². The predicted octanol–water partition coefficient (Wildman–Crippen LogP) is 2.86. The molecule has 1 aliphatic heterocycles. The lowest BCUT2D eigenvalue weighted by Crippen LogP contribution is -2.29. The average Bonchev–Trinajstić information content (AvgIpc) is 3.14. The molecule has 0 unspecified atom stereocenters. The van der Waals surface area contributed by atoms with E-state index < -0.39 is 0 Å². The van der Waals surface area contributed by atoms with Gasteiger partial charge in [-0.3, -0.25) is 9.59 Å². The van der Waals surface area contributed by atoms with Gasteiger partial charge in [-0.05, 0) is 56.1 Å². The van der Waals surface area contributed by atoms with Crippen molar-refractivity contribution in [3.05, 3.63) is 36.2 Å². The van der Waals surface area contributed by atoms with Crippen molar-refractivity contribution in [2.24, 2.45) is 5.92 Å². The Balaban J connectivity index is 0.00000280. The molecular formula is C19H27ClN6O2. The summed E-state index contributed by atoms with van der Waals surface area (Å²) < 4.78 is 1.78. The van der Waals surface area contributed by atoms with Crippen molar-refractivity contribution in [1.29, 1.82) is 0 Å². The molecule has 1 saturated heterocycles. The molecule has 0 atom stereocenters. The summed E-state index contributed by atoms with van der Waals surface area (Å²) >= 11 is 0. The van der Waals surface area contributed by atoms with E-state index in [0.717, 1.165) is 25.9 Å². The second kappa shape index (κ2) is 10.2. The zero-order valence-corrected chi connectivity index (χ0v) is 17.0. The van der Waals surface area contributed by atoms with Crippen LogP contribution < -0.4 is 16.0 Å². The molecule has 0 saturated carbocycles. The number of rotatable bonds is 6. The van der Waals surface area contributed by atoms with E-state index >= 15 is 0 Å². The fraction of sp³-hybridized carbons (Fsp3) is 0.474. The minimum absolute atomic E-state index is 0. The Kier molecular flexibility index (Phi) is 7.95. The smallest absolute Gasteiger partial charge is 0.277 e. The van der Waals surface area contributed by atoms with Crippen LogP contribution in [0.15, 0.2) is 30.5 Å². The summed E-state index contributed by atoms with van der Waals surface area (Å²) in [7, 11) is 0. The lowest BCUT2D eigenvalue weighted by Gasteiger charge is -2.22. The second-order valence-electron chi connectivity index (χ2n) is 7.24. The van der Waals surface area contributed by atoms with Crippen LogP contribution in [0, 0.1) is 5.92 Å². The molecule has 0 radical (unpaired) electrons. The Morgan fingerprint density at radius 2 is 1.75 bits per heavy atom. The number of hydrogen-bond donors (Lipinski definition) is 3. The number of hydrogen-bond acceptors (Lipinski definition) is 5. The molecule has 3 rings (SSSR count). The summed E-state index contributed by atoms with van der Waals surface area (Å²) in [4.78, 5) is 24.2. The first-order chi connectivity index (χ1) is 13.0. The number of amides is 2. The first-order valence-corrected chi connectivity index (χ1v) is 9.35. The molecule has 1 aromatic heterocycles. The van der Waals surface area contributed by atoms with Gasteiger partial charge in [-0.1, -0.05) is 19.1 Å². The Morgan fingerprint density at radius 3 is 2.36 bits per heavy atom. The third-order valence-corrected chi connectivity index (χ3v) is 4.45. The van der Waals surface area contributed by atoms with Crippen molar-refractivity contribution in [3.8, 4) is 0 Å². The summed E-state index contributed by atoms with van der Waals surface area (Å²) in [6, 6.07) is 7.31. The van der Waals surface area contributed by atoms with Crippen LogP contribution in [-0.2, 0) is 4.79 Å². The van der Waals surface area contributed by atoms with E-state index in [0.29, 0.717) is 29.4 Å². The fourth-order valence-electron chi connectivity index (χ4n) is 3.05. The molecule has 8 nitrogen and oxygen atoms in total. The Morgan fingerprint density at radius 1 is 1.14 bits per heavy atom. The first kappa shape index (κ1) is 21.8. The van der Waals surface area contributed by atoms with Crippen molar-refractivity contribution in [2.45, 2.75) is 39.2 Å². The SMILES string of the molecule is CC(C)CC(=O)Nc1ccc(NC(=O)c2cn(C3CCNCC3)nn2)cc1.Cl. The molecular weight excluding hydrogens is 380 g/mol. The lowest BCUT2D eigenvalue weighted by atomic mass is 10.1. The van der Waals surface area contributed by atoms with Gasteiger partial charge in [0, 0.05) is 17.8 Å². The van der Waals surface area contributed by atoms with E-state index in [4.69, 9.17) is 0 Å². The van der Waals surface area contributed by atoms with Crippen LogP contribution in [0.5, 0.6) is 0 Å². The van der Waals surface area contributed by atoms with Crippen LogP contribution >= 0.6 is 12.4 Å². The largest absolute Gasteiger partial charge is 0.326 e. The van der Waals surface area contributed by atoms with Gasteiger partial charge in [0.2, 0.25) is 5.91 Å². The fourth-order valence-corrected chi connectivity index (χ4v) is 3.05. The zero-order chi connectivity index (χ0) is 19.2. The third-order valence-electron chi connectivity index (χ3n) is 4.45. The van der Waals surface area contributed by atoms with Gasteiger partial charge in [-0.15, -0.1) is 17.5 Å². The molecule has 1 aromatic carbocycles. The molecule has 1 fully saturated rings. The highest BCUT2D eigenvalue weighted by molar-refractivity contribution is 6.02. The monoisotopic (exact) mass is 406 g/mol. The molecule has 0 spiro atoms. The van der Waals surface area contributed by atoms with Gasteiger partial charge in [-0.25, -0.2) is 4.68 Å². The maximum absolute atomic E-state index is 12.4. The minimum atomic E-state index is -0.299.